The lowest BCUT2D eigenvalue weighted by atomic mass is 10.3. The number of carbonyl (C=O) groups excluding carboxylic acids is 1. The predicted molar refractivity (Wildman–Crippen MR) is 73.2 cm³/mol. The molecule has 0 radical (unpaired) electrons. The first kappa shape index (κ1) is 12.5. The number of rotatable bonds is 4. The molecular formula is C12H14N4OS. The van der Waals surface area contributed by atoms with Crippen molar-refractivity contribution in [3.8, 4) is 0 Å². The SMILES string of the molecule is CCNc1nnc(C(=O)N(C)c2ccccc2)s1. The molecule has 1 N–H and O–H groups in total. The van der Waals surface area contributed by atoms with E-state index in [1.807, 2.05) is 37.3 Å². The van der Waals surface area contributed by atoms with Gasteiger partial charge in [0.25, 0.3) is 5.91 Å². The number of nitrogens with zero attached hydrogens (tertiary/aromatic N) is 3. The summed E-state index contributed by atoms with van der Waals surface area (Å²) in [5, 5.41) is 11.9. The molecule has 5 nitrogen and oxygen atoms in total. The highest BCUT2D eigenvalue weighted by atomic mass is 32.1. The molecule has 0 saturated carbocycles. The summed E-state index contributed by atoms with van der Waals surface area (Å²) in [7, 11) is 1.73. The smallest absolute Gasteiger partial charge is 0.289 e. The number of para-hydroxylation sites is 1. The van der Waals surface area contributed by atoms with Crippen LogP contribution in [0.4, 0.5) is 10.8 Å². The Hall–Kier alpha value is -1.95. The van der Waals surface area contributed by atoms with E-state index in [9.17, 15) is 4.79 Å². The number of anilines is 2. The summed E-state index contributed by atoms with van der Waals surface area (Å²) < 4.78 is 0. The van der Waals surface area contributed by atoms with E-state index in [4.69, 9.17) is 0 Å². The van der Waals surface area contributed by atoms with Crippen molar-refractivity contribution in [2.24, 2.45) is 0 Å². The number of amides is 1. The highest BCUT2D eigenvalue weighted by Gasteiger charge is 2.18. The minimum Gasteiger partial charge on any atom is -0.360 e. The maximum atomic E-state index is 12.2. The van der Waals surface area contributed by atoms with Gasteiger partial charge in [0.1, 0.15) is 0 Å². The summed E-state index contributed by atoms with van der Waals surface area (Å²) in [5.41, 5.74) is 0.836. The van der Waals surface area contributed by atoms with Gasteiger partial charge in [0.15, 0.2) is 0 Å². The molecule has 2 rings (SSSR count). The summed E-state index contributed by atoms with van der Waals surface area (Å²) in [6.07, 6.45) is 0. The van der Waals surface area contributed by atoms with Crippen LogP contribution in [0.3, 0.4) is 0 Å². The minimum atomic E-state index is -0.150. The molecule has 6 heteroatoms. The number of carbonyl (C=O) groups is 1. The van der Waals surface area contributed by atoms with Crippen molar-refractivity contribution in [1.29, 1.82) is 0 Å². The van der Waals surface area contributed by atoms with Crippen molar-refractivity contribution in [2.45, 2.75) is 6.92 Å². The maximum absolute atomic E-state index is 12.2. The molecule has 1 heterocycles. The van der Waals surface area contributed by atoms with Gasteiger partial charge in [-0.25, -0.2) is 0 Å². The van der Waals surface area contributed by atoms with E-state index >= 15 is 0 Å². The van der Waals surface area contributed by atoms with Crippen LogP contribution in [-0.2, 0) is 0 Å². The molecule has 1 aromatic carbocycles. The van der Waals surface area contributed by atoms with Gasteiger partial charge in [-0.05, 0) is 19.1 Å². The van der Waals surface area contributed by atoms with Gasteiger partial charge < -0.3 is 10.2 Å². The Kier molecular flexibility index (Phi) is 3.88. The average molecular weight is 262 g/mol. The van der Waals surface area contributed by atoms with Crippen LogP contribution >= 0.6 is 11.3 Å². The first-order valence-electron chi connectivity index (χ1n) is 5.63. The Morgan fingerprint density at radius 2 is 2.06 bits per heavy atom. The van der Waals surface area contributed by atoms with E-state index in [-0.39, 0.29) is 5.91 Å². The van der Waals surface area contributed by atoms with Crippen LogP contribution in [0.5, 0.6) is 0 Å². The van der Waals surface area contributed by atoms with Crippen LogP contribution in [0, 0.1) is 0 Å². The third-order valence-electron chi connectivity index (χ3n) is 2.38. The van der Waals surface area contributed by atoms with Crippen molar-refractivity contribution >= 4 is 28.1 Å². The lowest BCUT2D eigenvalue weighted by Gasteiger charge is -2.14. The Morgan fingerprint density at radius 3 is 2.72 bits per heavy atom. The van der Waals surface area contributed by atoms with Gasteiger partial charge in [-0.15, -0.1) is 10.2 Å². The van der Waals surface area contributed by atoms with Gasteiger partial charge in [-0.1, -0.05) is 29.5 Å². The standard InChI is InChI=1S/C12H14N4OS/c1-3-13-12-15-14-10(18-12)11(17)16(2)9-7-5-4-6-8-9/h4-8H,3H2,1-2H3,(H,13,15). The second-order valence-electron chi connectivity index (χ2n) is 3.64. The highest BCUT2D eigenvalue weighted by molar-refractivity contribution is 7.17. The molecule has 0 bridgehead atoms. The Balaban J connectivity index is 2.15. The zero-order chi connectivity index (χ0) is 13.0. The third-order valence-corrected chi connectivity index (χ3v) is 3.25. The van der Waals surface area contributed by atoms with Crippen LogP contribution in [-0.4, -0.2) is 29.7 Å². The molecule has 0 aliphatic rings. The molecule has 0 saturated heterocycles. The van der Waals surface area contributed by atoms with Crippen molar-refractivity contribution in [3.05, 3.63) is 35.3 Å². The highest BCUT2D eigenvalue weighted by Crippen LogP contribution is 2.19. The predicted octanol–water partition coefficient (Wildman–Crippen LogP) is 2.25. The Morgan fingerprint density at radius 1 is 1.33 bits per heavy atom. The normalized spacial score (nSPS) is 10.1. The van der Waals surface area contributed by atoms with Gasteiger partial charge in [-0.3, -0.25) is 4.79 Å². The van der Waals surface area contributed by atoms with Crippen LogP contribution in [0.2, 0.25) is 0 Å². The fourth-order valence-electron chi connectivity index (χ4n) is 1.44. The number of aromatic nitrogens is 2. The first-order chi connectivity index (χ1) is 8.72. The molecule has 0 fully saturated rings. The zero-order valence-electron chi connectivity index (χ0n) is 10.3. The van der Waals surface area contributed by atoms with E-state index in [1.54, 1.807) is 11.9 Å². The number of hydrogen-bond donors (Lipinski definition) is 1. The first-order valence-corrected chi connectivity index (χ1v) is 6.44. The van der Waals surface area contributed by atoms with E-state index in [0.29, 0.717) is 10.1 Å². The average Bonchev–Trinajstić information content (AvgIpc) is 2.87. The van der Waals surface area contributed by atoms with Gasteiger partial charge in [0, 0.05) is 19.3 Å². The molecule has 0 atom stereocenters. The topological polar surface area (TPSA) is 58.1 Å². The van der Waals surface area contributed by atoms with E-state index < -0.39 is 0 Å². The largest absolute Gasteiger partial charge is 0.360 e. The second kappa shape index (κ2) is 5.59. The fraction of sp³-hybridized carbons (Fsp3) is 0.250. The monoisotopic (exact) mass is 262 g/mol. The van der Waals surface area contributed by atoms with Crippen molar-refractivity contribution in [3.63, 3.8) is 0 Å². The van der Waals surface area contributed by atoms with Gasteiger partial charge in [0.05, 0.1) is 0 Å². The summed E-state index contributed by atoms with van der Waals surface area (Å²) >= 11 is 1.26. The fourth-order valence-corrected chi connectivity index (χ4v) is 2.23. The summed E-state index contributed by atoms with van der Waals surface area (Å²) in [6.45, 7) is 2.73. The van der Waals surface area contributed by atoms with Crippen LogP contribution < -0.4 is 10.2 Å². The van der Waals surface area contributed by atoms with Gasteiger partial charge in [0.2, 0.25) is 10.1 Å². The van der Waals surface area contributed by atoms with Crippen molar-refractivity contribution < 1.29 is 4.79 Å². The molecule has 2 aromatic rings. The maximum Gasteiger partial charge on any atom is 0.289 e. The van der Waals surface area contributed by atoms with Crippen LogP contribution in [0.25, 0.3) is 0 Å². The molecular weight excluding hydrogens is 248 g/mol. The van der Waals surface area contributed by atoms with Crippen molar-refractivity contribution in [1.82, 2.24) is 10.2 Å². The Labute approximate surface area is 109 Å². The third kappa shape index (κ3) is 2.65. The number of nitrogens with one attached hydrogen (secondary N) is 1. The lowest BCUT2D eigenvalue weighted by Crippen LogP contribution is -2.25. The molecule has 0 aliphatic carbocycles. The molecule has 0 spiro atoms. The second-order valence-corrected chi connectivity index (χ2v) is 4.62. The van der Waals surface area contributed by atoms with E-state index in [1.165, 1.54) is 11.3 Å². The quantitative estimate of drug-likeness (QED) is 0.918. The van der Waals surface area contributed by atoms with Gasteiger partial charge in [-0.2, -0.15) is 0 Å². The number of benzene rings is 1. The molecule has 1 aromatic heterocycles. The molecule has 94 valence electrons. The molecule has 18 heavy (non-hydrogen) atoms. The zero-order valence-corrected chi connectivity index (χ0v) is 11.1. The Bertz CT molecular complexity index is 526. The summed E-state index contributed by atoms with van der Waals surface area (Å²) in [6, 6.07) is 9.46. The molecule has 0 aliphatic heterocycles. The summed E-state index contributed by atoms with van der Waals surface area (Å²) in [5.74, 6) is -0.150. The van der Waals surface area contributed by atoms with Crippen LogP contribution in [0.1, 0.15) is 16.7 Å². The minimum absolute atomic E-state index is 0.150. The van der Waals surface area contributed by atoms with Crippen LogP contribution in [0.15, 0.2) is 30.3 Å². The van der Waals surface area contributed by atoms with E-state index in [2.05, 4.69) is 15.5 Å². The van der Waals surface area contributed by atoms with E-state index in [0.717, 1.165) is 12.2 Å². The molecule has 1 amide bonds. The molecule has 0 unspecified atom stereocenters. The van der Waals surface area contributed by atoms with Gasteiger partial charge >= 0.3 is 0 Å². The lowest BCUT2D eigenvalue weighted by molar-refractivity contribution is 0.0992. The van der Waals surface area contributed by atoms with Crippen molar-refractivity contribution in [2.75, 3.05) is 23.8 Å². The summed E-state index contributed by atoms with van der Waals surface area (Å²) in [4.78, 5) is 13.7. The number of hydrogen-bond acceptors (Lipinski definition) is 5.